The third-order valence-electron chi connectivity index (χ3n) is 6.21. The summed E-state index contributed by atoms with van der Waals surface area (Å²) in [5, 5.41) is 13.6. The molecule has 4 rings (SSSR count). The van der Waals surface area contributed by atoms with Crippen molar-refractivity contribution in [1.82, 2.24) is 0 Å². The van der Waals surface area contributed by atoms with Gasteiger partial charge in [0.15, 0.2) is 11.5 Å². The molecule has 142 valence electrons. The number of ether oxygens (including phenoxy) is 2. The first-order chi connectivity index (χ1) is 13.1. The van der Waals surface area contributed by atoms with E-state index in [1.165, 1.54) is 36.8 Å². The summed E-state index contributed by atoms with van der Waals surface area (Å²) in [5.74, 6) is 1.46. The molecule has 2 aromatic carbocycles. The van der Waals surface area contributed by atoms with Gasteiger partial charge in [-0.05, 0) is 30.5 Å². The zero-order valence-electron chi connectivity index (χ0n) is 15.7. The van der Waals surface area contributed by atoms with Gasteiger partial charge in [0.05, 0.1) is 25.7 Å². The van der Waals surface area contributed by atoms with E-state index in [-0.39, 0.29) is 22.1 Å². The number of non-ortho nitro benzene ring substituents is 1. The number of nitro groups is 1. The van der Waals surface area contributed by atoms with Crippen LogP contribution < -0.4 is 14.8 Å². The van der Waals surface area contributed by atoms with E-state index in [9.17, 15) is 10.1 Å². The van der Waals surface area contributed by atoms with Crippen molar-refractivity contribution < 1.29 is 19.7 Å². The van der Waals surface area contributed by atoms with Crippen molar-refractivity contribution in [2.24, 2.45) is 0 Å². The highest BCUT2D eigenvalue weighted by atomic mass is 16.6. The summed E-state index contributed by atoms with van der Waals surface area (Å²) in [6.07, 6.45) is 4.83. The maximum atomic E-state index is 11.2. The van der Waals surface area contributed by atoms with Crippen molar-refractivity contribution in [2.45, 2.75) is 37.1 Å². The largest absolute Gasteiger partial charge is 0.493 e. The number of nitrogens with two attached hydrogens (primary N) is 1. The van der Waals surface area contributed by atoms with Crippen molar-refractivity contribution in [3.8, 4) is 11.5 Å². The lowest BCUT2D eigenvalue weighted by molar-refractivity contribution is -0.698. The van der Waals surface area contributed by atoms with E-state index in [1.54, 1.807) is 32.4 Å². The van der Waals surface area contributed by atoms with Crippen molar-refractivity contribution in [3.63, 3.8) is 0 Å². The molecular formula is C21H25N2O4+. The number of hydrogen-bond donors (Lipinski definition) is 1. The predicted molar refractivity (Wildman–Crippen MR) is 101 cm³/mol. The maximum absolute atomic E-state index is 11.2. The van der Waals surface area contributed by atoms with Crippen LogP contribution in [0.25, 0.3) is 0 Å². The van der Waals surface area contributed by atoms with Gasteiger partial charge in [-0.3, -0.25) is 10.1 Å². The second-order valence-corrected chi connectivity index (χ2v) is 7.55. The highest BCUT2D eigenvalue weighted by Gasteiger charge is 2.45. The van der Waals surface area contributed by atoms with Crippen LogP contribution in [-0.4, -0.2) is 25.7 Å². The summed E-state index contributed by atoms with van der Waals surface area (Å²) in [6.45, 7) is 0.989. The molecule has 0 unspecified atom stereocenters. The Labute approximate surface area is 158 Å². The average Bonchev–Trinajstić information content (AvgIpc) is 3.16. The van der Waals surface area contributed by atoms with Crippen LogP contribution in [0.15, 0.2) is 36.4 Å². The van der Waals surface area contributed by atoms with Crippen LogP contribution in [0, 0.1) is 10.1 Å². The minimum atomic E-state index is -0.333. The van der Waals surface area contributed by atoms with E-state index in [0.29, 0.717) is 5.75 Å². The highest BCUT2D eigenvalue weighted by molar-refractivity contribution is 5.54. The van der Waals surface area contributed by atoms with Crippen LogP contribution in [0.3, 0.4) is 0 Å². The number of hydrogen-bond acceptors (Lipinski definition) is 4. The lowest BCUT2D eigenvalue weighted by Crippen LogP contribution is -2.90. The molecule has 2 aliphatic rings. The lowest BCUT2D eigenvalue weighted by Gasteiger charge is -2.38. The van der Waals surface area contributed by atoms with Crippen LogP contribution in [0.4, 0.5) is 5.69 Å². The zero-order valence-corrected chi connectivity index (χ0v) is 15.7. The molecule has 1 heterocycles. The van der Waals surface area contributed by atoms with Crippen LogP contribution >= 0.6 is 0 Å². The van der Waals surface area contributed by atoms with Crippen LogP contribution in [0.5, 0.6) is 11.5 Å². The van der Waals surface area contributed by atoms with E-state index in [2.05, 4.69) is 17.4 Å². The van der Waals surface area contributed by atoms with Gasteiger partial charge in [-0.15, -0.1) is 0 Å². The van der Waals surface area contributed by atoms with Crippen LogP contribution in [0.1, 0.15) is 48.4 Å². The van der Waals surface area contributed by atoms with Gasteiger partial charge in [-0.1, -0.05) is 25.0 Å². The molecule has 0 amide bonds. The monoisotopic (exact) mass is 369 g/mol. The number of nitrogens with zero attached hydrogens (tertiary/aromatic N) is 1. The SMILES string of the molecule is COc1cc2c(cc1OC)C1(CCCC1)C[NH2+][C@@H]2c1cccc([N+](=O)[O-])c1. The molecule has 1 aliphatic heterocycles. The molecule has 27 heavy (non-hydrogen) atoms. The Morgan fingerprint density at radius 3 is 2.48 bits per heavy atom. The number of benzene rings is 2. The summed E-state index contributed by atoms with van der Waals surface area (Å²) in [4.78, 5) is 10.9. The standard InChI is InChI=1S/C21H24N2O4/c1-26-18-11-16-17(12-19(18)27-2)21(8-3-4-9-21)13-22-20(16)14-6-5-7-15(10-14)23(24)25/h5-7,10-12,20,22H,3-4,8-9,13H2,1-2H3/p+1/t20-/m1/s1. The number of methoxy groups -OCH3 is 2. The van der Waals surface area contributed by atoms with Crippen LogP contribution in [-0.2, 0) is 5.41 Å². The van der Waals surface area contributed by atoms with Gasteiger partial charge >= 0.3 is 0 Å². The van der Waals surface area contributed by atoms with Crippen molar-refractivity contribution in [2.75, 3.05) is 20.8 Å². The highest BCUT2D eigenvalue weighted by Crippen LogP contribution is 2.48. The molecule has 1 atom stereocenters. The van der Waals surface area contributed by atoms with E-state index >= 15 is 0 Å². The molecule has 0 radical (unpaired) electrons. The summed E-state index contributed by atoms with van der Waals surface area (Å²) in [7, 11) is 3.31. The Bertz CT molecular complexity index is 874. The molecule has 1 aliphatic carbocycles. The van der Waals surface area contributed by atoms with Gasteiger partial charge in [0.25, 0.3) is 5.69 Å². The molecule has 1 saturated carbocycles. The Morgan fingerprint density at radius 2 is 1.81 bits per heavy atom. The van der Waals surface area contributed by atoms with E-state index in [1.807, 2.05) is 6.07 Å². The smallest absolute Gasteiger partial charge is 0.269 e. The molecule has 1 spiro atoms. The molecule has 2 aromatic rings. The Balaban J connectivity index is 1.87. The van der Waals surface area contributed by atoms with Gasteiger partial charge in [0.2, 0.25) is 0 Å². The van der Waals surface area contributed by atoms with Gasteiger partial charge in [0.1, 0.15) is 6.04 Å². The second kappa shape index (κ2) is 6.85. The number of rotatable bonds is 4. The topological polar surface area (TPSA) is 78.2 Å². The third-order valence-corrected chi connectivity index (χ3v) is 6.21. The fraction of sp³-hybridized carbons (Fsp3) is 0.429. The van der Waals surface area contributed by atoms with Crippen molar-refractivity contribution in [3.05, 3.63) is 63.2 Å². The number of quaternary nitrogens is 1. The first-order valence-electron chi connectivity index (χ1n) is 9.42. The number of fused-ring (bicyclic) bond motifs is 2. The molecule has 0 saturated heterocycles. The third kappa shape index (κ3) is 2.94. The van der Waals surface area contributed by atoms with E-state index in [0.717, 1.165) is 17.9 Å². The molecular weight excluding hydrogens is 344 g/mol. The number of nitro benzene ring substituents is 1. The Morgan fingerprint density at radius 1 is 1.11 bits per heavy atom. The lowest BCUT2D eigenvalue weighted by atomic mass is 9.71. The summed E-state index contributed by atoms with van der Waals surface area (Å²) in [6, 6.07) is 11.2. The fourth-order valence-corrected chi connectivity index (χ4v) is 4.86. The maximum Gasteiger partial charge on any atom is 0.269 e. The normalized spacial score (nSPS) is 20.3. The molecule has 0 bridgehead atoms. The Kier molecular flexibility index (Phi) is 4.52. The second-order valence-electron chi connectivity index (χ2n) is 7.55. The van der Waals surface area contributed by atoms with Crippen molar-refractivity contribution >= 4 is 5.69 Å². The molecule has 1 fully saturated rings. The van der Waals surface area contributed by atoms with E-state index < -0.39 is 0 Å². The van der Waals surface area contributed by atoms with Gasteiger partial charge in [-0.25, -0.2) is 0 Å². The minimum Gasteiger partial charge on any atom is -0.493 e. The molecule has 6 nitrogen and oxygen atoms in total. The predicted octanol–water partition coefficient (Wildman–Crippen LogP) is 3.09. The summed E-state index contributed by atoms with van der Waals surface area (Å²) in [5.41, 5.74) is 3.74. The first-order valence-corrected chi connectivity index (χ1v) is 9.42. The quantitative estimate of drug-likeness (QED) is 0.664. The summed E-state index contributed by atoms with van der Waals surface area (Å²) < 4.78 is 11.1. The van der Waals surface area contributed by atoms with Gasteiger partial charge in [-0.2, -0.15) is 0 Å². The van der Waals surface area contributed by atoms with Gasteiger partial charge in [0, 0.05) is 28.7 Å². The van der Waals surface area contributed by atoms with Gasteiger partial charge < -0.3 is 14.8 Å². The molecule has 6 heteroatoms. The summed E-state index contributed by atoms with van der Waals surface area (Å²) >= 11 is 0. The Hall–Kier alpha value is -2.60. The van der Waals surface area contributed by atoms with Crippen LogP contribution in [0.2, 0.25) is 0 Å². The zero-order chi connectivity index (χ0) is 19.0. The van der Waals surface area contributed by atoms with Crippen molar-refractivity contribution in [1.29, 1.82) is 0 Å². The first kappa shape index (κ1) is 17.8. The fourth-order valence-electron chi connectivity index (χ4n) is 4.86. The van der Waals surface area contributed by atoms with E-state index in [4.69, 9.17) is 9.47 Å². The average molecular weight is 369 g/mol. The minimum absolute atomic E-state index is 0.0194. The molecule has 0 aromatic heterocycles. The molecule has 2 N–H and O–H groups in total.